The van der Waals surface area contributed by atoms with Crippen molar-refractivity contribution in [2.45, 2.75) is 32.2 Å². The van der Waals surface area contributed by atoms with Gasteiger partial charge in [-0.25, -0.2) is 9.59 Å². The lowest BCUT2D eigenvalue weighted by atomic mass is 10.1. The van der Waals surface area contributed by atoms with Crippen molar-refractivity contribution in [2.75, 3.05) is 12.4 Å². The van der Waals surface area contributed by atoms with Gasteiger partial charge in [0.1, 0.15) is 11.1 Å². The molecule has 1 aromatic carbocycles. The maximum absolute atomic E-state index is 12.6. The van der Waals surface area contributed by atoms with Crippen LogP contribution in [0.2, 0.25) is 5.02 Å². The highest BCUT2D eigenvalue weighted by atomic mass is 35.5. The van der Waals surface area contributed by atoms with E-state index in [0.717, 1.165) is 11.1 Å². The number of aromatic nitrogens is 2. The predicted molar refractivity (Wildman–Crippen MR) is 101 cm³/mol. The van der Waals surface area contributed by atoms with Crippen LogP contribution < -0.4 is 10.9 Å². The molecule has 0 saturated heterocycles. The molecule has 0 unspecified atom stereocenters. The SMILES string of the molecule is CCCC[C@H](Nc1cnn(-c2ccccc2C(=O)OC)c(=O)c1Cl)C(=O)O. The molecular weight excluding hydrogens is 374 g/mol. The number of ether oxygens (including phenoxy) is 1. The first-order valence-electron chi connectivity index (χ1n) is 8.35. The summed E-state index contributed by atoms with van der Waals surface area (Å²) in [5.41, 5.74) is -0.198. The van der Waals surface area contributed by atoms with Crippen LogP contribution in [0.1, 0.15) is 36.5 Å². The fourth-order valence-electron chi connectivity index (χ4n) is 2.50. The Kier molecular flexibility index (Phi) is 6.95. The lowest BCUT2D eigenvalue weighted by molar-refractivity contribution is -0.138. The average Bonchev–Trinajstić information content (AvgIpc) is 2.67. The first-order chi connectivity index (χ1) is 12.9. The number of carboxylic acids is 1. The van der Waals surface area contributed by atoms with E-state index in [2.05, 4.69) is 10.4 Å². The Morgan fingerprint density at radius 1 is 1.37 bits per heavy atom. The van der Waals surface area contributed by atoms with E-state index in [9.17, 15) is 19.5 Å². The van der Waals surface area contributed by atoms with Gasteiger partial charge in [-0.05, 0) is 18.6 Å². The standard InChI is InChI=1S/C18H20ClN3O5/c1-3-4-8-12(17(24)25)21-13-10-20-22(16(23)15(13)19)14-9-6-5-7-11(14)18(26)27-2/h5-7,9-10,12,21H,3-4,8H2,1-2H3,(H,24,25)/t12-/m0/s1. The minimum atomic E-state index is -1.04. The summed E-state index contributed by atoms with van der Waals surface area (Å²) in [6, 6.07) is 5.42. The number of anilines is 1. The van der Waals surface area contributed by atoms with Gasteiger partial charge in [-0.1, -0.05) is 43.5 Å². The van der Waals surface area contributed by atoms with E-state index < -0.39 is 23.5 Å². The summed E-state index contributed by atoms with van der Waals surface area (Å²) in [4.78, 5) is 35.9. The van der Waals surface area contributed by atoms with Crippen LogP contribution in [0, 0.1) is 0 Å². The lowest BCUT2D eigenvalue weighted by Crippen LogP contribution is -2.31. The third-order valence-corrected chi connectivity index (χ3v) is 4.30. The van der Waals surface area contributed by atoms with Crippen LogP contribution >= 0.6 is 11.6 Å². The molecule has 0 aliphatic heterocycles. The van der Waals surface area contributed by atoms with Gasteiger partial charge in [0.05, 0.1) is 30.2 Å². The number of halogens is 1. The minimum Gasteiger partial charge on any atom is -0.480 e. The minimum absolute atomic E-state index is 0.122. The van der Waals surface area contributed by atoms with Crippen molar-refractivity contribution in [1.29, 1.82) is 0 Å². The molecule has 2 N–H and O–H groups in total. The number of benzene rings is 1. The molecule has 0 fully saturated rings. The van der Waals surface area contributed by atoms with Gasteiger partial charge in [0.25, 0.3) is 5.56 Å². The summed E-state index contributed by atoms with van der Waals surface area (Å²) in [5, 5.41) is 15.9. The Morgan fingerprint density at radius 2 is 2.07 bits per heavy atom. The van der Waals surface area contributed by atoms with Gasteiger partial charge in [-0.15, -0.1) is 0 Å². The molecule has 0 saturated carbocycles. The second-order valence-electron chi connectivity index (χ2n) is 5.78. The number of para-hydroxylation sites is 1. The molecule has 2 rings (SSSR count). The summed E-state index contributed by atoms with van der Waals surface area (Å²) >= 11 is 6.15. The second-order valence-corrected chi connectivity index (χ2v) is 6.15. The Bertz CT molecular complexity index is 897. The molecular formula is C18H20ClN3O5. The van der Waals surface area contributed by atoms with Gasteiger partial charge in [0, 0.05) is 0 Å². The van der Waals surface area contributed by atoms with Crippen LogP contribution in [-0.4, -0.2) is 40.0 Å². The Balaban J connectivity index is 2.43. The van der Waals surface area contributed by atoms with Crippen LogP contribution in [0.5, 0.6) is 0 Å². The number of nitrogens with one attached hydrogen (secondary N) is 1. The van der Waals surface area contributed by atoms with Crippen molar-refractivity contribution in [3.63, 3.8) is 0 Å². The molecule has 2 aromatic rings. The van der Waals surface area contributed by atoms with Gasteiger partial charge in [-0.2, -0.15) is 9.78 Å². The van der Waals surface area contributed by atoms with Gasteiger partial charge < -0.3 is 15.2 Å². The fraction of sp³-hybridized carbons (Fsp3) is 0.333. The summed E-state index contributed by atoms with van der Waals surface area (Å²) in [5.74, 6) is -1.66. The number of carbonyl (C=O) groups excluding carboxylic acids is 1. The lowest BCUT2D eigenvalue weighted by Gasteiger charge is -2.17. The number of aliphatic carboxylic acids is 1. The van der Waals surface area contributed by atoms with Gasteiger partial charge in [-0.3, -0.25) is 4.79 Å². The van der Waals surface area contributed by atoms with Crippen molar-refractivity contribution in [3.05, 3.63) is 51.4 Å². The molecule has 8 nitrogen and oxygen atoms in total. The highest BCUT2D eigenvalue weighted by Gasteiger charge is 2.21. The monoisotopic (exact) mass is 393 g/mol. The summed E-state index contributed by atoms with van der Waals surface area (Å²) < 4.78 is 5.69. The number of carbonyl (C=O) groups is 2. The molecule has 144 valence electrons. The third kappa shape index (κ3) is 4.65. The second kappa shape index (κ2) is 9.18. The van der Waals surface area contributed by atoms with E-state index in [1.807, 2.05) is 6.92 Å². The maximum Gasteiger partial charge on any atom is 0.340 e. The number of esters is 1. The largest absolute Gasteiger partial charge is 0.480 e. The van der Waals surface area contributed by atoms with Crippen molar-refractivity contribution in [2.24, 2.45) is 0 Å². The molecule has 1 aromatic heterocycles. The van der Waals surface area contributed by atoms with Crippen LogP contribution in [0.25, 0.3) is 5.69 Å². The number of hydrogen-bond donors (Lipinski definition) is 2. The van der Waals surface area contributed by atoms with Crippen molar-refractivity contribution in [1.82, 2.24) is 9.78 Å². The Hall–Kier alpha value is -2.87. The topological polar surface area (TPSA) is 111 Å². The van der Waals surface area contributed by atoms with Gasteiger partial charge in [0.15, 0.2) is 0 Å². The van der Waals surface area contributed by atoms with Crippen molar-refractivity contribution >= 4 is 29.2 Å². The predicted octanol–water partition coefficient (Wildman–Crippen LogP) is 2.73. The molecule has 1 heterocycles. The van der Waals surface area contributed by atoms with E-state index in [-0.39, 0.29) is 22.0 Å². The molecule has 0 aliphatic rings. The first-order valence-corrected chi connectivity index (χ1v) is 8.73. The van der Waals surface area contributed by atoms with Crippen molar-refractivity contribution in [3.8, 4) is 5.69 Å². The third-order valence-electron chi connectivity index (χ3n) is 3.93. The number of nitrogens with zero attached hydrogens (tertiary/aromatic N) is 2. The van der Waals surface area contributed by atoms with E-state index in [1.165, 1.54) is 25.4 Å². The van der Waals surface area contributed by atoms with E-state index in [4.69, 9.17) is 16.3 Å². The number of carboxylic acid groups (broad SMARTS) is 1. The molecule has 0 aliphatic carbocycles. The van der Waals surface area contributed by atoms with E-state index in [1.54, 1.807) is 12.1 Å². The highest BCUT2D eigenvalue weighted by molar-refractivity contribution is 6.33. The molecule has 0 bridgehead atoms. The zero-order valence-corrected chi connectivity index (χ0v) is 15.7. The van der Waals surface area contributed by atoms with Crippen molar-refractivity contribution < 1.29 is 19.4 Å². The van der Waals surface area contributed by atoms with E-state index >= 15 is 0 Å². The zero-order valence-electron chi connectivity index (χ0n) is 14.9. The first kappa shape index (κ1) is 20.4. The summed E-state index contributed by atoms with van der Waals surface area (Å²) in [6.45, 7) is 1.95. The van der Waals surface area contributed by atoms with Gasteiger partial charge >= 0.3 is 11.9 Å². The van der Waals surface area contributed by atoms with Crippen LogP contribution in [0.3, 0.4) is 0 Å². The van der Waals surface area contributed by atoms with Crippen LogP contribution in [-0.2, 0) is 9.53 Å². The molecule has 0 amide bonds. The van der Waals surface area contributed by atoms with Gasteiger partial charge in [0.2, 0.25) is 0 Å². The molecule has 0 radical (unpaired) electrons. The Labute approximate surface area is 160 Å². The fourth-order valence-corrected chi connectivity index (χ4v) is 2.68. The van der Waals surface area contributed by atoms with Crippen LogP contribution in [0.4, 0.5) is 5.69 Å². The number of hydrogen-bond acceptors (Lipinski definition) is 6. The quantitative estimate of drug-likeness (QED) is 0.663. The number of methoxy groups -OCH3 is 1. The number of rotatable bonds is 8. The Morgan fingerprint density at radius 3 is 2.70 bits per heavy atom. The maximum atomic E-state index is 12.6. The summed E-state index contributed by atoms with van der Waals surface area (Å²) in [6.07, 6.45) is 3.19. The number of unbranched alkanes of at least 4 members (excludes halogenated alkanes) is 1. The normalized spacial score (nSPS) is 11.7. The summed E-state index contributed by atoms with van der Waals surface area (Å²) in [7, 11) is 1.23. The highest BCUT2D eigenvalue weighted by Crippen LogP contribution is 2.20. The van der Waals surface area contributed by atoms with Crippen LogP contribution in [0.15, 0.2) is 35.3 Å². The molecule has 27 heavy (non-hydrogen) atoms. The molecule has 0 spiro atoms. The molecule has 1 atom stereocenters. The average molecular weight is 394 g/mol. The smallest absolute Gasteiger partial charge is 0.340 e. The molecule has 9 heteroatoms. The van der Waals surface area contributed by atoms with E-state index in [0.29, 0.717) is 12.8 Å². The zero-order chi connectivity index (χ0) is 20.0.